The molecule has 1 aromatic rings. The number of amidine groups is 1. The molecule has 0 radical (unpaired) electrons. The van der Waals surface area contributed by atoms with Crippen LogP contribution in [0.4, 0.5) is 5.69 Å². The maximum absolute atomic E-state index is 8.69. The molecule has 0 saturated heterocycles. The summed E-state index contributed by atoms with van der Waals surface area (Å²) in [4.78, 5) is 6.46. The van der Waals surface area contributed by atoms with Gasteiger partial charge >= 0.3 is 0 Å². The molecule has 1 saturated carbocycles. The minimum atomic E-state index is 0.0553. The number of oxime groups is 1. The van der Waals surface area contributed by atoms with E-state index in [4.69, 9.17) is 10.9 Å². The van der Waals surface area contributed by atoms with Gasteiger partial charge in [0.15, 0.2) is 5.84 Å². The van der Waals surface area contributed by atoms with Gasteiger partial charge in [-0.15, -0.1) is 0 Å². The number of anilines is 1. The lowest BCUT2D eigenvalue weighted by Crippen LogP contribution is -2.27. The second-order valence-corrected chi connectivity index (χ2v) is 4.77. The lowest BCUT2D eigenvalue weighted by atomic mass is 10.2. The predicted molar refractivity (Wildman–Crippen MR) is 72.0 cm³/mol. The molecule has 0 aromatic carbocycles. The molecule has 1 heterocycles. The van der Waals surface area contributed by atoms with E-state index in [9.17, 15) is 0 Å². The van der Waals surface area contributed by atoms with Gasteiger partial charge in [0.25, 0.3) is 0 Å². The van der Waals surface area contributed by atoms with Crippen molar-refractivity contribution >= 4 is 11.5 Å². The highest BCUT2D eigenvalue weighted by Gasteiger charge is 2.24. The Balaban J connectivity index is 2.17. The average molecular weight is 248 g/mol. The van der Waals surface area contributed by atoms with Crippen LogP contribution in [-0.2, 0) is 0 Å². The summed E-state index contributed by atoms with van der Waals surface area (Å²) in [7, 11) is 0. The fourth-order valence-electron chi connectivity index (χ4n) is 2.02. The number of pyridine rings is 1. The van der Waals surface area contributed by atoms with E-state index in [-0.39, 0.29) is 5.84 Å². The maximum atomic E-state index is 8.69. The van der Waals surface area contributed by atoms with Crippen LogP contribution in [0.5, 0.6) is 0 Å². The highest BCUT2D eigenvalue weighted by atomic mass is 16.4. The molecule has 0 spiro atoms. The number of nitrogens with zero attached hydrogens (tertiary/aromatic N) is 3. The zero-order valence-electron chi connectivity index (χ0n) is 10.7. The molecule has 1 aliphatic rings. The SMILES string of the molecule is CCCN(CC1CC1)c1ccnc(C(N)=NO)c1. The first-order chi connectivity index (χ1) is 8.74. The first-order valence-electron chi connectivity index (χ1n) is 6.43. The van der Waals surface area contributed by atoms with Crippen molar-refractivity contribution in [2.24, 2.45) is 16.8 Å². The molecule has 0 amide bonds. The van der Waals surface area contributed by atoms with Crippen molar-refractivity contribution in [2.45, 2.75) is 26.2 Å². The van der Waals surface area contributed by atoms with Crippen LogP contribution in [0.1, 0.15) is 31.9 Å². The summed E-state index contributed by atoms with van der Waals surface area (Å²) in [5.74, 6) is 0.886. The summed E-state index contributed by atoms with van der Waals surface area (Å²) in [6, 6.07) is 3.86. The van der Waals surface area contributed by atoms with Crippen molar-refractivity contribution in [1.82, 2.24) is 4.98 Å². The van der Waals surface area contributed by atoms with Gasteiger partial charge in [0, 0.05) is 25.0 Å². The molecule has 1 aromatic heterocycles. The monoisotopic (exact) mass is 248 g/mol. The van der Waals surface area contributed by atoms with Crippen molar-refractivity contribution < 1.29 is 5.21 Å². The summed E-state index contributed by atoms with van der Waals surface area (Å²) in [5.41, 5.74) is 7.19. The van der Waals surface area contributed by atoms with Gasteiger partial charge in [0.2, 0.25) is 0 Å². The van der Waals surface area contributed by atoms with Gasteiger partial charge in [0.1, 0.15) is 5.69 Å². The quantitative estimate of drug-likeness (QED) is 0.348. The highest BCUT2D eigenvalue weighted by Crippen LogP contribution is 2.31. The molecule has 0 bridgehead atoms. The summed E-state index contributed by atoms with van der Waals surface area (Å²) in [6.07, 6.45) is 5.48. The Morgan fingerprint density at radius 2 is 2.39 bits per heavy atom. The van der Waals surface area contributed by atoms with Crippen LogP contribution in [0.3, 0.4) is 0 Å². The topological polar surface area (TPSA) is 74.7 Å². The van der Waals surface area contributed by atoms with E-state index in [2.05, 4.69) is 22.0 Å². The van der Waals surface area contributed by atoms with Crippen LogP contribution < -0.4 is 10.6 Å². The minimum Gasteiger partial charge on any atom is -0.409 e. The van der Waals surface area contributed by atoms with Crippen molar-refractivity contribution in [3.05, 3.63) is 24.0 Å². The molecular weight excluding hydrogens is 228 g/mol. The highest BCUT2D eigenvalue weighted by molar-refractivity contribution is 5.95. The number of rotatable bonds is 6. The van der Waals surface area contributed by atoms with Crippen LogP contribution in [0.25, 0.3) is 0 Å². The van der Waals surface area contributed by atoms with E-state index in [1.54, 1.807) is 6.20 Å². The fourth-order valence-corrected chi connectivity index (χ4v) is 2.02. The third-order valence-electron chi connectivity index (χ3n) is 3.15. The molecule has 5 nitrogen and oxygen atoms in total. The van der Waals surface area contributed by atoms with E-state index in [1.807, 2.05) is 12.1 Å². The molecule has 3 N–H and O–H groups in total. The van der Waals surface area contributed by atoms with Crippen molar-refractivity contribution in [3.8, 4) is 0 Å². The summed E-state index contributed by atoms with van der Waals surface area (Å²) in [5, 5.41) is 11.7. The smallest absolute Gasteiger partial charge is 0.188 e. The second-order valence-electron chi connectivity index (χ2n) is 4.77. The van der Waals surface area contributed by atoms with Gasteiger partial charge in [-0.2, -0.15) is 0 Å². The van der Waals surface area contributed by atoms with E-state index >= 15 is 0 Å². The number of hydrogen-bond donors (Lipinski definition) is 2. The standard InChI is InChI=1S/C13H20N4O/c1-2-7-17(9-10-3-4-10)11-5-6-15-12(8-11)13(14)16-18/h5-6,8,10,18H,2-4,7,9H2,1H3,(H2,14,16). The van der Waals surface area contributed by atoms with Crippen LogP contribution in [0.15, 0.2) is 23.5 Å². The Hall–Kier alpha value is -1.78. The first-order valence-corrected chi connectivity index (χ1v) is 6.43. The summed E-state index contributed by atoms with van der Waals surface area (Å²) in [6.45, 7) is 4.29. The number of hydrogen-bond acceptors (Lipinski definition) is 4. The predicted octanol–water partition coefficient (Wildman–Crippen LogP) is 1.80. The average Bonchev–Trinajstić information content (AvgIpc) is 3.21. The third-order valence-corrected chi connectivity index (χ3v) is 3.15. The van der Waals surface area contributed by atoms with Gasteiger partial charge in [0.05, 0.1) is 0 Å². The lowest BCUT2D eigenvalue weighted by molar-refractivity contribution is 0.318. The van der Waals surface area contributed by atoms with Crippen molar-refractivity contribution in [3.63, 3.8) is 0 Å². The van der Waals surface area contributed by atoms with Crippen molar-refractivity contribution in [1.29, 1.82) is 0 Å². The Labute approximate surface area is 107 Å². The summed E-state index contributed by atoms with van der Waals surface area (Å²) >= 11 is 0. The second kappa shape index (κ2) is 5.71. The Kier molecular flexibility index (Phi) is 4.02. The van der Waals surface area contributed by atoms with E-state index < -0.39 is 0 Å². The molecular formula is C13H20N4O. The molecule has 1 aliphatic carbocycles. The molecule has 0 aliphatic heterocycles. The van der Waals surface area contributed by atoms with Crippen LogP contribution in [0.2, 0.25) is 0 Å². The molecule has 1 fully saturated rings. The zero-order valence-corrected chi connectivity index (χ0v) is 10.7. The lowest BCUT2D eigenvalue weighted by Gasteiger charge is -2.24. The number of aromatic nitrogens is 1. The maximum Gasteiger partial charge on any atom is 0.188 e. The van der Waals surface area contributed by atoms with Crippen LogP contribution in [-0.4, -0.2) is 29.1 Å². The van der Waals surface area contributed by atoms with E-state index in [0.29, 0.717) is 5.69 Å². The van der Waals surface area contributed by atoms with E-state index in [0.717, 1.165) is 31.1 Å². The fraction of sp³-hybridized carbons (Fsp3) is 0.538. The largest absolute Gasteiger partial charge is 0.409 e. The Morgan fingerprint density at radius 3 is 3.00 bits per heavy atom. The van der Waals surface area contributed by atoms with Gasteiger partial charge in [-0.1, -0.05) is 12.1 Å². The zero-order chi connectivity index (χ0) is 13.0. The van der Waals surface area contributed by atoms with Gasteiger partial charge in [-0.05, 0) is 37.3 Å². The number of nitrogens with two attached hydrogens (primary N) is 1. The van der Waals surface area contributed by atoms with Crippen molar-refractivity contribution in [2.75, 3.05) is 18.0 Å². The first kappa shape index (κ1) is 12.7. The third kappa shape index (κ3) is 3.12. The Bertz CT molecular complexity index is 429. The van der Waals surface area contributed by atoms with Gasteiger partial charge < -0.3 is 15.8 Å². The minimum absolute atomic E-state index is 0.0553. The van der Waals surface area contributed by atoms with Crippen LogP contribution in [0, 0.1) is 5.92 Å². The normalized spacial score (nSPS) is 15.7. The molecule has 98 valence electrons. The molecule has 2 rings (SSSR count). The summed E-state index contributed by atoms with van der Waals surface area (Å²) < 4.78 is 0. The molecule has 18 heavy (non-hydrogen) atoms. The molecule has 0 unspecified atom stereocenters. The molecule has 5 heteroatoms. The van der Waals surface area contributed by atoms with Gasteiger partial charge in [-0.25, -0.2) is 0 Å². The molecule has 0 atom stereocenters. The van der Waals surface area contributed by atoms with Gasteiger partial charge in [-0.3, -0.25) is 4.98 Å². The Morgan fingerprint density at radius 1 is 1.61 bits per heavy atom. The van der Waals surface area contributed by atoms with E-state index in [1.165, 1.54) is 12.8 Å². The van der Waals surface area contributed by atoms with Crippen LogP contribution >= 0.6 is 0 Å².